The van der Waals surface area contributed by atoms with E-state index in [4.69, 9.17) is 5.73 Å². The number of aliphatic hydroxyl groups excluding tert-OH is 1. The zero-order chi connectivity index (χ0) is 9.68. The summed E-state index contributed by atoms with van der Waals surface area (Å²) in [7, 11) is 1.67. The van der Waals surface area contributed by atoms with Crippen molar-refractivity contribution in [3.63, 3.8) is 0 Å². The highest BCUT2D eigenvalue weighted by molar-refractivity contribution is 5.77. The van der Waals surface area contributed by atoms with E-state index in [0.717, 1.165) is 32.2 Å². The average molecular weight is 185 g/mol. The van der Waals surface area contributed by atoms with Crippen LogP contribution in [0.15, 0.2) is 4.99 Å². The van der Waals surface area contributed by atoms with E-state index in [2.05, 4.69) is 10.3 Å². The van der Waals surface area contributed by atoms with Gasteiger partial charge in [0.15, 0.2) is 5.96 Å². The topological polar surface area (TPSA) is 70.6 Å². The number of aliphatic imine (C=N–C) groups is 1. The Hall–Kier alpha value is -0.770. The summed E-state index contributed by atoms with van der Waals surface area (Å²) < 4.78 is 0. The van der Waals surface area contributed by atoms with E-state index in [1.165, 1.54) is 0 Å². The molecule has 0 saturated heterocycles. The fourth-order valence-electron chi connectivity index (χ4n) is 1.68. The van der Waals surface area contributed by atoms with E-state index in [-0.39, 0.29) is 6.10 Å². The third-order valence-corrected chi connectivity index (χ3v) is 2.63. The lowest BCUT2D eigenvalue weighted by atomic mass is 9.87. The zero-order valence-electron chi connectivity index (χ0n) is 8.16. The zero-order valence-corrected chi connectivity index (χ0v) is 8.16. The van der Waals surface area contributed by atoms with Gasteiger partial charge in [0, 0.05) is 13.6 Å². The van der Waals surface area contributed by atoms with Crippen LogP contribution in [-0.2, 0) is 0 Å². The molecule has 1 fully saturated rings. The first kappa shape index (κ1) is 10.3. The van der Waals surface area contributed by atoms with E-state index in [9.17, 15) is 5.11 Å². The number of nitrogens with zero attached hydrogens (tertiary/aromatic N) is 1. The Bertz CT molecular complexity index is 174. The monoisotopic (exact) mass is 185 g/mol. The van der Waals surface area contributed by atoms with Crippen molar-refractivity contribution in [2.45, 2.75) is 31.8 Å². The van der Waals surface area contributed by atoms with Crippen LogP contribution in [0, 0.1) is 5.92 Å². The Labute approximate surface area is 79.2 Å². The smallest absolute Gasteiger partial charge is 0.188 e. The van der Waals surface area contributed by atoms with Crippen molar-refractivity contribution in [2.24, 2.45) is 16.6 Å². The van der Waals surface area contributed by atoms with Gasteiger partial charge in [-0.05, 0) is 31.6 Å². The van der Waals surface area contributed by atoms with Crippen molar-refractivity contribution in [3.8, 4) is 0 Å². The van der Waals surface area contributed by atoms with Crippen molar-refractivity contribution in [1.29, 1.82) is 0 Å². The highest BCUT2D eigenvalue weighted by atomic mass is 16.3. The number of nitrogens with one attached hydrogen (secondary N) is 1. The van der Waals surface area contributed by atoms with Crippen LogP contribution in [0.4, 0.5) is 0 Å². The van der Waals surface area contributed by atoms with Gasteiger partial charge >= 0.3 is 0 Å². The molecule has 0 atom stereocenters. The van der Waals surface area contributed by atoms with Gasteiger partial charge in [0.2, 0.25) is 0 Å². The standard InChI is InChI=1S/C9H19N3O/c1-11-9(10)12-6-7-2-4-8(13)5-3-7/h7-8,13H,2-6H2,1H3,(H3,10,11,12). The quantitative estimate of drug-likeness (QED) is 0.421. The van der Waals surface area contributed by atoms with Crippen LogP contribution in [0.3, 0.4) is 0 Å². The molecule has 13 heavy (non-hydrogen) atoms. The minimum atomic E-state index is -0.0755. The predicted octanol–water partition coefficient (Wildman–Crippen LogP) is 0.0716. The fourth-order valence-corrected chi connectivity index (χ4v) is 1.68. The Morgan fingerprint density at radius 1 is 1.46 bits per heavy atom. The van der Waals surface area contributed by atoms with Crippen molar-refractivity contribution in [1.82, 2.24) is 5.32 Å². The Kier molecular flexibility index (Phi) is 4.02. The second-order valence-electron chi connectivity index (χ2n) is 3.66. The van der Waals surface area contributed by atoms with Gasteiger partial charge in [0.25, 0.3) is 0 Å². The van der Waals surface area contributed by atoms with E-state index in [1.807, 2.05) is 0 Å². The number of rotatable bonds is 2. The molecule has 0 aliphatic heterocycles. The first-order chi connectivity index (χ1) is 6.22. The normalized spacial score (nSPS) is 30.2. The van der Waals surface area contributed by atoms with Gasteiger partial charge in [-0.1, -0.05) is 0 Å². The molecule has 0 radical (unpaired) electrons. The van der Waals surface area contributed by atoms with E-state index >= 15 is 0 Å². The first-order valence-corrected chi connectivity index (χ1v) is 4.86. The number of nitrogens with two attached hydrogens (primary N) is 1. The lowest BCUT2D eigenvalue weighted by molar-refractivity contribution is 0.109. The lowest BCUT2D eigenvalue weighted by Crippen LogP contribution is -2.36. The molecule has 0 heterocycles. The summed E-state index contributed by atoms with van der Waals surface area (Å²) in [6, 6.07) is 0. The summed E-state index contributed by atoms with van der Waals surface area (Å²) in [5, 5.41) is 12.3. The van der Waals surface area contributed by atoms with Crippen molar-refractivity contribution >= 4 is 5.96 Å². The van der Waals surface area contributed by atoms with E-state index < -0.39 is 0 Å². The second-order valence-corrected chi connectivity index (χ2v) is 3.66. The van der Waals surface area contributed by atoms with Gasteiger partial charge in [-0.3, -0.25) is 4.99 Å². The lowest BCUT2D eigenvalue weighted by Gasteiger charge is -2.25. The molecule has 1 aliphatic carbocycles. The Balaban J connectivity index is 2.16. The van der Waals surface area contributed by atoms with Gasteiger partial charge in [-0.15, -0.1) is 0 Å². The minimum absolute atomic E-state index is 0.0755. The van der Waals surface area contributed by atoms with Gasteiger partial charge in [-0.25, -0.2) is 0 Å². The fraction of sp³-hybridized carbons (Fsp3) is 0.889. The average Bonchev–Trinajstić information content (AvgIpc) is 2.16. The van der Waals surface area contributed by atoms with Gasteiger partial charge < -0.3 is 16.2 Å². The molecule has 0 bridgehead atoms. The SMILES string of the molecule is CN=C(N)NCC1CCC(O)CC1. The summed E-state index contributed by atoms with van der Waals surface area (Å²) in [6.07, 6.45) is 3.95. The molecule has 0 aromatic rings. The molecule has 1 saturated carbocycles. The molecule has 4 heteroatoms. The molecule has 0 aromatic carbocycles. The third-order valence-electron chi connectivity index (χ3n) is 2.63. The maximum atomic E-state index is 9.28. The molecule has 1 rings (SSSR count). The summed E-state index contributed by atoms with van der Waals surface area (Å²) in [5.74, 6) is 1.15. The first-order valence-electron chi connectivity index (χ1n) is 4.86. The van der Waals surface area contributed by atoms with Crippen LogP contribution in [0.1, 0.15) is 25.7 Å². The van der Waals surface area contributed by atoms with Crippen LogP contribution in [0.25, 0.3) is 0 Å². The number of hydrogen-bond donors (Lipinski definition) is 3. The Morgan fingerprint density at radius 2 is 2.08 bits per heavy atom. The second kappa shape index (κ2) is 5.07. The molecular weight excluding hydrogens is 166 g/mol. The van der Waals surface area contributed by atoms with Gasteiger partial charge in [0.05, 0.1) is 6.10 Å². The van der Waals surface area contributed by atoms with Crippen LogP contribution >= 0.6 is 0 Å². The van der Waals surface area contributed by atoms with Crippen molar-refractivity contribution < 1.29 is 5.11 Å². The van der Waals surface area contributed by atoms with E-state index in [1.54, 1.807) is 7.05 Å². The largest absolute Gasteiger partial charge is 0.393 e. The highest BCUT2D eigenvalue weighted by Gasteiger charge is 2.18. The number of guanidine groups is 1. The number of hydrogen-bond acceptors (Lipinski definition) is 2. The molecule has 0 aromatic heterocycles. The minimum Gasteiger partial charge on any atom is -0.393 e. The van der Waals surface area contributed by atoms with Crippen LogP contribution in [0.5, 0.6) is 0 Å². The van der Waals surface area contributed by atoms with Crippen LogP contribution in [0.2, 0.25) is 0 Å². The molecule has 0 unspecified atom stereocenters. The summed E-state index contributed by atoms with van der Waals surface area (Å²) >= 11 is 0. The van der Waals surface area contributed by atoms with Crippen LogP contribution in [-0.4, -0.2) is 30.8 Å². The maximum Gasteiger partial charge on any atom is 0.188 e. The molecule has 0 spiro atoms. The summed E-state index contributed by atoms with van der Waals surface area (Å²) in [5.41, 5.74) is 5.51. The highest BCUT2D eigenvalue weighted by Crippen LogP contribution is 2.23. The molecule has 0 amide bonds. The third kappa shape index (κ3) is 3.63. The summed E-state index contributed by atoms with van der Waals surface area (Å²) in [6.45, 7) is 0.885. The van der Waals surface area contributed by atoms with Gasteiger partial charge in [0.1, 0.15) is 0 Å². The van der Waals surface area contributed by atoms with Crippen molar-refractivity contribution in [2.75, 3.05) is 13.6 Å². The van der Waals surface area contributed by atoms with Crippen LogP contribution < -0.4 is 11.1 Å². The Morgan fingerprint density at radius 3 is 2.62 bits per heavy atom. The molecule has 4 N–H and O–H groups in total. The number of aliphatic hydroxyl groups is 1. The maximum absolute atomic E-state index is 9.28. The molecular formula is C9H19N3O. The molecule has 4 nitrogen and oxygen atoms in total. The van der Waals surface area contributed by atoms with E-state index in [0.29, 0.717) is 11.9 Å². The summed E-state index contributed by atoms with van der Waals surface area (Å²) in [4.78, 5) is 3.82. The molecule has 1 aliphatic rings. The van der Waals surface area contributed by atoms with Crippen molar-refractivity contribution in [3.05, 3.63) is 0 Å². The van der Waals surface area contributed by atoms with Gasteiger partial charge in [-0.2, -0.15) is 0 Å². The molecule has 76 valence electrons. The predicted molar refractivity (Wildman–Crippen MR) is 53.5 cm³/mol.